The number of carbonyl (C=O) groups excluding carboxylic acids is 2. The Morgan fingerprint density at radius 2 is 1.96 bits per heavy atom. The third-order valence-corrected chi connectivity index (χ3v) is 5.29. The second kappa shape index (κ2) is 6.26. The molecule has 24 heavy (non-hydrogen) atoms. The molecule has 0 unspecified atom stereocenters. The number of nitrogens with zero attached hydrogens (tertiary/aromatic N) is 2. The zero-order valence-corrected chi connectivity index (χ0v) is 13.8. The minimum absolute atomic E-state index is 0.0834. The van der Waals surface area contributed by atoms with Gasteiger partial charge in [-0.05, 0) is 38.0 Å². The van der Waals surface area contributed by atoms with Crippen LogP contribution in [-0.2, 0) is 16.1 Å². The number of anilines is 1. The van der Waals surface area contributed by atoms with Gasteiger partial charge in [0.2, 0.25) is 5.91 Å². The number of rotatable bonds is 5. The Morgan fingerprint density at radius 3 is 2.54 bits per heavy atom. The molecule has 2 saturated carbocycles. The molecule has 2 amide bonds. The number of fused-ring (bicyclic) bond motifs is 2. The Labute approximate surface area is 139 Å². The summed E-state index contributed by atoms with van der Waals surface area (Å²) in [5.74, 6) is -2.59. The van der Waals surface area contributed by atoms with Gasteiger partial charge in [-0.3, -0.25) is 19.1 Å². The fourth-order valence-corrected chi connectivity index (χ4v) is 4.20. The Hall–Kier alpha value is -2.38. The van der Waals surface area contributed by atoms with Crippen molar-refractivity contribution in [2.45, 2.75) is 32.7 Å². The quantitative estimate of drug-likeness (QED) is 0.742. The summed E-state index contributed by atoms with van der Waals surface area (Å²) in [6, 6.07) is 0. The van der Waals surface area contributed by atoms with Crippen LogP contribution in [0.25, 0.3) is 0 Å². The second-order valence-corrected chi connectivity index (χ2v) is 6.54. The summed E-state index contributed by atoms with van der Waals surface area (Å²) in [7, 11) is 1.50. The van der Waals surface area contributed by atoms with E-state index in [0.717, 1.165) is 19.3 Å². The molecule has 2 bridgehead atoms. The third-order valence-electron chi connectivity index (χ3n) is 5.29. The highest BCUT2D eigenvalue weighted by atomic mass is 16.4. The zero-order valence-electron chi connectivity index (χ0n) is 13.8. The average Bonchev–Trinajstić information content (AvgIpc) is 3.27. The number of hydrogen-bond acceptors (Lipinski definition) is 4. The van der Waals surface area contributed by atoms with Crippen LogP contribution in [0.2, 0.25) is 0 Å². The highest BCUT2D eigenvalue weighted by molar-refractivity contribution is 6.03. The standard InChI is InChI=1S/C16H22N4O4/c1-3-20-7-10(13(19-20)15(22)17-2)18-14(21)11-8-4-5-9(6-8)12(11)16(23)24/h7-9,11-12H,3-6H2,1-2H3,(H,17,22)(H,18,21)(H,23,24)/t8-,9-,11+,12+/m0/s1. The van der Waals surface area contributed by atoms with E-state index in [1.807, 2.05) is 6.92 Å². The third kappa shape index (κ3) is 2.65. The summed E-state index contributed by atoms with van der Waals surface area (Å²) in [6.07, 6.45) is 4.17. The molecule has 4 atom stereocenters. The Kier molecular flexibility index (Phi) is 4.29. The molecule has 8 nitrogen and oxygen atoms in total. The first-order valence-corrected chi connectivity index (χ1v) is 8.29. The van der Waals surface area contributed by atoms with Crippen molar-refractivity contribution >= 4 is 23.5 Å². The van der Waals surface area contributed by atoms with Crippen molar-refractivity contribution in [2.75, 3.05) is 12.4 Å². The molecule has 2 aliphatic rings. The van der Waals surface area contributed by atoms with Crippen molar-refractivity contribution < 1.29 is 19.5 Å². The van der Waals surface area contributed by atoms with Gasteiger partial charge >= 0.3 is 5.97 Å². The maximum absolute atomic E-state index is 12.7. The predicted molar refractivity (Wildman–Crippen MR) is 85.4 cm³/mol. The van der Waals surface area contributed by atoms with Crippen LogP contribution in [0.5, 0.6) is 0 Å². The molecule has 0 aromatic carbocycles. The molecule has 1 aromatic heterocycles. The number of carbonyl (C=O) groups is 3. The molecule has 0 aliphatic heterocycles. The molecule has 130 valence electrons. The van der Waals surface area contributed by atoms with Crippen LogP contribution < -0.4 is 10.6 Å². The molecule has 0 saturated heterocycles. The molecule has 8 heteroatoms. The number of aliphatic carboxylic acids is 1. The lowest BCUT2D eigenvalue weighted by Crippen LogP contribution is -2.38. The van der Waals surface area contributed by atoms with Crippen molar-refractivity contribution in [1.29, 1.82) is 0 Å². The van der Waals surface area contributed by atoms with Gasteiger partial charge in [-0.25, -0.2) is 0 Å². The lowest BCUT2D eigenvalue weighted by Gasteiger charge is -2.26. The van der Waals surface area contributed by atoms with Crippen molar-refractivity contribution in [3.63, 3.8) is 0 Å². The van der Waals surface area contributed by atoms with E-state index in [9.17, 15) is 19.5 Å². The predicted octanol–water partition coefficient (Wildman–Crippen LogP) is 0.948. The average molecular weight is 334 g/mol. The van der Waals surface area contributed by atoms with E-state index in [1.165, 1.54) is 7.05 Å². The molecule has 2 aliphatic carbocycles. The van der Waals surface area contributed by atoms with Gasteiger partial charge in [0.05, 0.1) is 17.5 Å². The van der Waals surface area contributed by atoms with Gasteiger partial charge in [-0.2, -0.15) is 5.10 Å². The second-order valence-electron chi connectivity index (χ2n) is 6.54. The van der Waals surface area contributed by atoms with Crippen molar-refractivity contribution in [1.82, 2.24) is 15.1 Å². The van der Waals surface area contributed by atoms with E-state index in [2.05, 4.69) is 15.7 Å². The maximum atomic E-state index is 12.7. The van der Waals surface area contributed by atoms with Gasteiger partial charge in [-0.15, -0.1) is 0 Å². The maximum Gasteiger partial charge on any atom is 0.307 e. The number of carboxylic acids is 1. The van der Waals surface area contributed by atoms with E-state index >= 15 is 0 Å². The summed E-state index contributed by atoms with van der Waals surface area (Å²) in [4.78, 5) is 36.2. The van der Waals surface area contributed by atoms with E-state index in [1.54, 1.807) is 10.9 Å². The van der Waals surface area contributed by atoms with Gasteiger partial charge in [0.1, 0.15) is 0 Å². The summed E-state index contributed by atoms with van der Waals surface area (Å²) in [5, 5.41) is 18.9. The highest BCUT2D eigenvalue weighted by Gasteiger charge is 2.54. The van der Waals surface area contributed by atoms with E-state index in [4.69, 9.17) is 0 Å². The molecule has 3 N–H and O–H groups in total. The van der Waals surface area contributed by atoms with Gasteiger partial charge in [-0.1, -0.05) is 0 Å². The van der Waals surface area contributed by atoms with E-state index in [0.29, 0.717) is 12.2 Å². The Morgan fingerprint density at radius 1 is 1.29 bits per heavy atom. The van der Waals surface area contributed by atoms with Gasteiger partial charge < -0.3 is 15.7 Å². The Balaban J connectivity index is 1.83. The number of carboxylic acid groups (broad SMARTS) is 1. The highest BCUT2D eigenvalue weighted by Crippen LogP contribution is 2.52. The van der Waals surface area contributed by atoms with Gasteiger partial charge in [0.15, 0.2) is 5.69 Å². The first kappa shape index (κ1) is 16.5. The van der Waals surface area contributed by atoms with Crippen molar-refractivity contribution in [3.05, 3.63) is 11.9 Å². The topological polar surface area (TPSA) is 113 Å². The number of hydrogen-bond donors (Lipinski definition) is 3. The first-order valence-electron chi connectivity index (χ1n) is 8.29. The van der Waals surface area contributed by atoms with E-state index in [-0.39, 0.29) is 29.3 Å². The number of amides is 2. The van der Waals surface area contributed by atoms with E-state index < -0.39 is 17.8 Å². The minimum atomic E-state index is -0.905. The summed E-state index contributed by atoms with van der Waals surface area (Å²) in [5.41, 5.74) is 0.468. The molecule has 1 heterocycles. The normalized spacial score (nSPS) is 27.9. The largest absolute Gasteiger partial charge is 0.481 e. The van der Waals surface area contributed by atoms with Gasteiger partial charge in [0, 0.05) is 19.8 Å². The van der Waals surface area contributed by atoms with Crippen LogP contribution in [0.4, 0.5) is 5.69 Å². The Bertz CT molecular complexity index is 684. The molecule has 1 aromatic rings. The molecular weight excluding hydrogens is 312 g/mol. The van der Waals surface area contributed by atoms with Crippen LogP contribution in [0, 0.1) is 23.7 Å². The summed E-state index contributed by atoms with van der Waals surface area (Å²) < 4.78 is 1.57. The molecule has 2 fully saturated rings. The number of aromatic nitrogens is 2. The lowest BCUT2D eigenvalue weighted by molar-refractivity contribution is -0.148. The fraction of sp³-hybridized carbons (Fsp3) is 0.625. The van der Waals surface area contributed by atoms with Crippen LogP contribution in [-0.4, -0.2) is 39.7 Å². The van der Waals surface area contributed by atoms with Crippen LogP contribution >= 0.6 is 0 Å². The first-order chi connectivity index (χ1) is 11.5. The molecular formula is C16H22N4O4. The van der Waals surface area contributed by atoms with Crippen LogP contribution in [0.15, 0.2) is 6.20 Å². The monoisotopic (exact) mass is 334 g/mol. The smallest absolute Gasteiger partial charge is 0.307 e. The SMILES string of the molecule is CCn1cc(NC(=O)[C@@H]2[C@H]3CC[C@@H](C3)[C@H]2C(=O)O)c(C(=O)NC)n1. The number of nitrogens with one attached hydrogen (secondary N) is 2. The number of aryl methyl sites for hydroxylation is 1. The van der Waals surface area contributed by atoms with Crippen LogP contribution in [0.3, 0.4) is 0 Å². The zero-order chi connectivity index (χ0) is 17.4. The molecule has 0 spiro atoms. The lowest BCUT2D eigenvalue weighted by atomic mass is 9.78. The van der Waals surface area contributed by atoms with Crippen molar-refractivity contribution in [3.8, 4) is 0 Å². The molecule has 0 radical (unpaired) electrons. The minimum Gasteiger partial charge on any atom is -0.481 e. The van der Waals surface area contributed by atoms with Crippen LogP contribution in [0.1, 0.15) is 36.7 Å². The van der Waals surface area contributed by atoms with Crippen molar-refractivity contribution in [2.24, 2.45) is 23.7 Å². The summed E-state index contributed by atoms with van der Waals surface area (Å²) in [6.45, 7) is 2.44. The fourth-order valence-electron chi connectivity index (χ4n) is 4.20. The van der Waals surface area contributed by atoms with Gasteiger partial charge in [0.25, 0.3) is 5.91 Å². The summed E-state index contributed by atoms with van der Waals surface area (Å²) >= 11 is 0. The molecule has 3 rings (SSSR count).